The molecule has 2 atom stereocenters. The predicted octanol–water partition coefficient (Wildman–Crippen LogP) is 2.01. The Kier molecular flexibility index (Phi) is 6.88. The Labute approximate surface area is 140 Å². The number of likely N-dealkylation sites (tertiary alicyclic amines) is 2. The lowest BCUT2D eigenvalue weighted by atomic mass is 9.95. The Balaban J connectivity index is 1.91. The third-order valence-electron chi connectivity index (χ3n) is 5.08. The SMILES string of the molecule is CC(C)NC(=O)[C@@H](C)N1CCC[C@H](C(=O)N2CCCCCC2)C1. The van der Waals surface area contributed by atoms with Crippen molar-refractivity contribution in [2.45, 2.75) is 71.4 Å². The van der Waals surface area contributed by atoms with Crippen molar-refractivity contribution >= 4 is 11.8 Å². The van der Waals surface area contributed by atoms with Crippen molar-refractivity contribution < 1.29 is 9.59 Å². The summed E-state index contributed by atoms with van der Waals surface area (Å²) >= 11 is 0. The molecule has 0 aromatic carbocycles. The van der Waals surface area contributed by atoms with E-state index in [0.29, 0.717) is 5.91 Å². The first-order valence-corrected chi connectivity index (χ1v) is 9.32. The van der Waals surface area contributed by atoms with Gasteiger partial charge in [-0.05, 0) is 53.0 Å². The third kappa shape index (κ3) is 5.20. The highest BCUT2D eigenvalue weighted by molar-refractivity contribution is 5.82. The zero-order valence-electron chi connectivity index (χ0n) is 15.0. The van der Waals surface area contributed by atoms with E-state index in [1.54, 1.807) is 0 Å². The van der Waals surface area contributed by atoms with Crippen molar-refractivity contribution in [3.8, 4) is 0 Å². The molecule has 132 valence electrons. The average Bonchev–Trinajstić information content (AvgIpc) is 2.82. The van der Waals surface area contributed by atoms with E-state index in [1.165, 1.54) is 12.8 Å². The molecule has 5 nitrogen and oxygen atoms in total. The standard InChI is InChI=1S/C18H33N3O2/c1-14(2)19-17(22)15(3)21-12-8-9-16(13-21)18(23)20-10-6-4-5-7-11-20/h14-16H,4-13H2,1-3H3,(H,19,22)/t15-,16+/m1/s1. The summed E-state index contributed by atoms with van der Waals surface area (Å²) in [4.78, 5) is 29.3. The normalized spacial score (nSPS) is 25.0. The molecule has 2 fully saturated rings. The minimum atomic E-state index is -0.155. The van der Waals surface area contributed by atoms with Crippen LogP contribution in [0.1, 0.15) is 59.3 Å². The number of hydrogen-bond acceptors (Lipinski definition) is 3. The number of nitrogens with zero attached hydrogens (tertiary/aromatic N) is 2. The summed E-state index contributed by atoms with van der Waals surface area (Å²) in [6.07, 6.45) is 6.72. The molecule has 0 saturated carbocycles. The second-order valence-electron chi connectivity index (χ2n) is 7.41. The zero-order chi connectivity index (χ0) is 16.8. The largest absolute Gasteiger partial charge is 0.353 e. The van der Waals surface area contributed by atoms with Crippen LogP contribution in [0.3, 0.4) is 0 Å². The summed E-state index contributed by atoms with van der Waals surface area (Å²) in [5, 5.41) is 2.98. The minimum Gasteiger partial charge on any atom is -0.353 e. The van der Waals surface area contributed by atoms with Crippen LogP contribution in [0.15, 0.2) is 0 Å². The topological polar surface area (TPSA) is 52.7 Å². The smallest absolute Gasteiger partial charge is 0.237 e. The fraction of sp³-hybridized carbons (Fsp3) is 0.889. The molecule has 0 bridgehead atoms. The van der Waals surface area contributed by atoms with Crippen molar-refractivity contribution in [2.24, 2.45) is 5.92 Å². The summed E-state index contributed by atoms with van der Waals surface area (Å²) in [5.74, 6) is 0.451. The fourth-order valence-corrected chi connectivity index (χ4v) is 3.68. The maximum absolute atomic E-state index is 12.8. The number of amides is 2. The Morgan fingerprint density at radius 2 is 1.61 bits per heavy atom. The highest BCUT2D eigenvalue weighted by atomic mass is 16.2. The Morgan fingerprint density at radius 3 is 2.22 bits per heavy atom. The summed E-state index contributed by atoms with van der Waals surface area (Å²) < 4.78 is 0. The molecule has 0 radical (unpaired) electrons. The Bertz CT molecular complexity index is 403. The molecule has 0 unspecified atom stereocenters. The van der Waals surface area contributed by atoms with Gasteiger partial charge in [-0.25, -0.2) is 0 Å². The van der Waals surface area contributed by atoms with Gasteiger partial charge in [-0.1, -0.05) is 12.8 Å². The van der Waals surface area contributed by atoms with E-state index in [2.05, 4.69) is 15.1 Å². The Morgan fingerprint density at radius 1 is 0.957 bits per heavy atom. The molecule has 23 heavy (non-hydrogen) atoms. The van der Waals surface area contributed by atoms with Crippen molar-refractivity contribution in [3.05, 3.63) is 0 Å². The summed E-state index contributed by atoms with van der Waals surface area (Å²) in [7, 11) is 0. The summed E-state index contributed by atoms with van der Waals surface area (Å²) in [6, 6.07) is 0.00130. The van der Waals surface area contributed by atoms with Gasteiger partial charge in [0.05, 0.1) is 12.0 Å². The van der Waals surface area contributed by atoms with Crippen molar-refractivity contribution in [3.63, 3.8) is 0 Å². The molecule has 1 N–H and O–H groups in total. The van der Waals surface area contributed by atoms with Gasteiger partial charge in [0, 0.05) is 25.7 Å². The van der Waals surface area contributed by atoms with Gasteiger partial charge in [0.2, 0.25) is 11.8 Å². The highest BCUT2D eigenvalue weighted by Crippen LogP contribution is 2.22. The van der Waals surface area contributed by atoms with Gasteiger partial charge in [-0.2, -0.15) is 0 Å². The van der Waals surface area contributed by atoms with Crippen LogP contribution in [0, 0.1) is 5.92 Å². The van der Waals surface area contributed by atoms with Crippen LogP contribution in [0.25, 0.3) is 0 Å². The first kappa shape index (κ1) is 18.2. The van der Waals surface area contributed by atoms with Crippen LogP contribution in [0.4, 0.5) is 0 Å². The van der Waals surface area contributed by atoms with E-state index in [1.807, 2.05) is 20.8 Å². The van der Waals surface area contributed by atoms with Gasteiger partial charge in [-0.3, -0.25) is 14.5 Å². The fourth-order valence-electron chi connectivity index (χ4n) is 3.68. The van der Waals surface area contributed by atoms with E-state index in [4.69, 9.17) is 0 Å². The maximum Gasteiger partial charge on any atom is 0.237 e. The Hall–Kier alpha value is -1.10. The lowest BCUT2D eigenvalue weighted by Crippen LogP contribution is -2.52. The van der Waals surface area contributed by atoms with Crippen molar-refractivity contribution in [1.29, 1.82) is 0 Å². The third-order valence-corrected chi connectivity index (χ3v) is 5.08. The van der Waals surface area contributed by atoms with Gasteiger partial charge in [0.25, 0.3) is 0 Å². The first-order valence-electron chi connectivity index (χ1n) is 9.32. The van der Waals surface area contributed by atoms with Gasteiger partial charge in [0.15, 0.2) is 0 Å². The molecule has 2 amide bonds. The van der Waals surface area contributed by atoms with Crippen molar-refractivity contribution in [2.75, 3.05) is 26.2 Å². The van der Waals surface area contributed by atoms with Gasteiger partial charge in [0.1, 0.15) is 0 Å². The van der Waals surface area contributed by atoms with Crippen LogP contribution in [-0.4, -0.2) is 59.9 Å². The highest BCUT2D eigenvalue weighted by Gasteiger charge is 2.33. The number of hydrogen-bond donors (Lipinski definition) is 1. The maximum atomic E-state index is 12.8. The minimum absolute atomic E-state index is 0.0659. The molecule has 0 aliphatic carbocycles. The molecule has 5 heteroatoms. The monoisotopic (exact) mass is 323 g/mol. The van der Waals surface area contributed by atoms with E-state index in [0.717, 1.165) is 51.9 Å². The lowest BCUT2D eigenvalue weighted by Gasteiger charge is -2.37. The van der Waals surface area contributed by atoms with Crippen LogP contribution in [0.5, 0.6) is 0 Å². The molecule has 2 heterocycles. The van der Waals surface area contributed by atoms with Crippen LogP contribution < -0.4 is 5.32 Å². The average molecular weight is 323 g/mol. The van der Waals surface area contributed by atoms with E-state index < -0.39 is 0 Å². The zero-order valence-corrected chi connectivity index (χ0v) is 15.0. The molecular weight excluding hydrogens is 290 g/mol. The van der Waals surface area contributed by atoms with Gasteiger partial charge >= 0.3 is 0 Å². The van der Waals surface area contributed by atoms with Crippen LogP contribution in [-0.2, 0) is 9.59 Å². The number of nitrogens with one attached hydrogen (secondary N) is 1. The molecule has 0 aromatic heterocycles. The van der Waals surface area contributed by atoms with Crippen LogP contribution >= 0.6 is 0 Å². The molecule has 0 spiro atoms. The molecular formula is C18H33N3O2. The number of piperidine rings is 1. The number of carbonyl (C=O) groups excluding carboxylic acids is 2. The van der Waals surface area contributed by atoms with Gasteiger partial charge in [-0.15, -0.1) is 0 Å². The molecule has 0 aromatic rings. The van der Waals surface area contributed by atoms with E-state index >= 15 is 0 Å². The van der Waals surface area contributed by atoms with E-state index in [9.17, 15) is 9.59 Å². The molecule has 2 aliphatic heterocycles. The van der Waals surface area contributed by atoms with Gasteiger partial charge < -0.3 is 10.2 Å². The van der Waals surface area contributed by atoms with E-state index in [-0.39, 0.29) is 23.9 Å². The second-order valence-corrected chi connectivity index (χ2v) is 7.41. The molecule has 2 rings (SSSR count). The number of rotatable bonds is 4. The number of carbonyl (C=O) groups is 2. The lowest BCUT2D eigenvalue weighted by molar-refractivity contribution is -0.139. The van der Waals surface area contributed by atoms with Crippen molar-refractivity contribution in [1.82, 2.24) is 15.1 Å². The quantitative estimate of drug-likeness (QED) is 0.861. The van der Waals surface area contributed by atoms with Crippen LogP contribution in [0.2, 0.25) is 0 Å². The molecule has 2 aliphatic rings. The first-order chi connectivity index (χ1) is 11.0. The summed E-state index contributed by atoms with van der Waals surface area (Å²) in [6.45, 7) is 9.38. The summed E-state index contributed by atoms with van der Waals surface area (Å²) in [5.41, 5.74) is 0. The molecule has 2 saturated heterocycles. The second kappa shape index (κ2) is 8.67. The predicted molar refractivity (Wildman–Crippen MR) is 92.1 cm³/mol.